The Morgan fingerprint density at radius 2 is 1.29 bits per heavy atom. The average Bonchev–Trinajstić information content (AvgIpc) is 2.72. The van der Waals surface area contributed by atoms with Crippen molar-refractivity contribution in [2.24, 2.45) is 0 Å². The van der Waals surface area contributed by atoms with Crippen molar-refractivity contribution < 1.29 is 19.4 Å². The summed E-state index contributed by atoms with van der Waals surface area (Å²) in [7, 11) is 0. The summed E-state index contributed by atoms with van der Waals surface area (Å²) in [4.78, 5) is 27.2. The SMILES string of the molecule is O=C(COC(=O)C(O)(c1ccccc1)c1ccccc1)N1CCCCCCC1. The second kappa shape index (κ2) is 9.51. The van der Waals surface area contributed by atoms with Gasteiger partial charge in [-0.1, -0.05) is 79.9 Å². The molecule has 1 heterocycles. The third-order valence-corrected chi connectivity index (χ3v) is 5.21. The van der Waals surface area contributed by atoms with Crippen LogP contribution in [0.5, 0.6) is 0 Å². The smallest absolute Gasteiger partial charge is 0.348 e. The van der Waals surface area contributed by atoms with Crippen LogP contribution in [0.3, 0.4) is 0 Å². The molecule has 28 heavy (non-hydrogen) atoms. The van der Waals surface area contributed by atoms with Crippen LogP contribution in [0, 0.1) is 0 Å². The van der Waals surface area contributed by atoms with Gasteiger partial charge >= 0.3 is 5.97 Å². The highest BCUT2D eigenvalue weighted by molar-refractivity contribution is 5.88. The molecule has 0 bridgehead atoms. The van der Waals surface area contributed by atoms with Crippen LogP contribution in [0.4, 0.5) is 0 Å². The number of ether oxygens (including phenoxy) is 1. The monoisotopic (exact) mass is 381 g/mol. The topological polar surface area (TPSA) is 66.8 Å². The maximum atomic E-state index is 12.9. The van der Waals surface area contributed by atoms with Gasteiger partial charge in [-0.2, -0.15) is 0 Å². The van der Waals surface area contributed by atoms with Gasteiger partial charge in [0.15, 0.2) is 6.61 Å². The van der Waals surface area contributed by atoms with Crippen LogP contribution < -0.4 is 0 Å². The molecule has 0 atom stereocenters. The fourth-order valence-corrected chi connectivity index (χ4v) is 3.58. The second-order valence-electron chi connectivity index (χ2n) is 7.17. The largest absolute Gasteiger partial charge is 0.453 e. The van der Waals surface area contributed by atoms with Crippen molar-refractivity contribution in [2.45, 2.75) is 37.7 Å². The molecular weight excluding hydrogens is 354 g/mol. The number of hydrogen-bond acceptors (Lipinski definition) is 4. The summed E-state index contributed by atoms with van der Waals surface area (Å²) in [5, 5.41) is 11.3. The zero-order valence-corrected chi connectivity index (χ0v) is 16.0. The van der Waals surface area contributed by atoms with E-state index in [-0.39, 0.29) is 12.5 Å². The molecule has 0 unspecified atom stereocenters. The van der Waals surface area contributed by atoms with Gasteiger partial charge in [0.05, 0.1) is 0 Å². The first kappa shape index (κ1) is 20.1. The quantitative estimate of drug-likeness (QED) is 0.808. The number of likely N-dealkylation sites (tertiary alicyclic amines) is 1. The second-order valence-corrected chi connectivity index (χ2v) is 7.17. The molecule has 2 aromatic carbocycles. The fraction of sp³-hybridized carbons (Fsp3) is 0.391. The Morgan fingerprint density at radius 3 is 1.79 bits per heavy atom. The Balaban J connectivity index is 1.74. The van der Waals surface area contributed by atoms with Gasteiger partial charge in [-0.3, -0.25) is 4.79 Å². The Labute approximate surface area is 165 Å². The summed E-state index contributed by atoms with van der Waals surface area (Å²) in [5.41, 5.74) is -1.14. The predicted octanol–water partition coefficient (Wildman–Crippen LogP) is 3.26. The summed E-state index contributed by atoms with van der Waals surface area (Å²) < 4.78 is 5.32. The van der Waals surface area contributed by atoms with Crippen LogP contribution in [0.2, 0.25) is 0 Å². The number of carbonyl (C=O) groups is 2. The molecule has 0 aromatic heterocycles. The van der Waals surface area contributed by atoms with Gasteiger partial charge in [-0.25, -0.2) is 4.79 Å². The lowest BCUT2D eigenvalue weighted by Crippen LogP contribution is -2.42. The van der Waals surface area contributed by atoms with Crippen molar-refractivity contribution >= 4 is 11.9 Å². The number of aliphatic hydroxyl groups is 1. The Morgan fingerprint density at radius 1 is 0.821 bits per heavy atom. The molecule has 148 valence electrons. The summed E-state index contributed by atoms with van der Waals surface area (Å²) in [6, 6.07) is 17.3. The molecule has 0 spiro atoms. The van der Waals surface area contributed by atoms with E-state index >= 15 is 0 Å². The first-order valence-corrected chi connectivity index (χ1v) is 9.91. The van der Waals surface area contributed by atoms with Gasteiger partial charge in [0.1, 0.15) is 0 Å². The number of carbonyl (C=O) groups excluding carboxylic acids is 2. The van der Waals surface area contributed by atoms with Crippen molar-refractivity contribution in [2.75, 3.05) is 19.7 Å². The zero-order chi connectivity index (χ0) is 19.8. The van der Waals surface area contributed by atoms with Crippen molar-refractivity contribution in [3.63, 3.8) is 0 Å². The lowest BCUT2D eigenvalue weighted by molar-refractivity contribution is -0.166. The van der Waals surface area contributed by atoms with E-state index in [0.29, 0.717) is 24.2 Å². The summed E-state index contributed by atoms with van der Waals surface area (Å²) in [6.45, 7) is 1.02. The molecule has 3 rings (SSSR count). The Bertz CT molecular complexity index is 728. The van der Waals surface area contributed by atoms with E-state index in [1.54, 1.807) is 53.4 Å². The van der Waals surface area contributed by atoms with Crippen molar-refractivity contribution in [1.29, 1.82) is 0 Å². The average molecular weight is 381 g/mol. The molecule has 0 radical (unpaired) electrons. The third-order valence-electron chi connectivity index (χ3n) is 5.21. The van der Waals surface area contributed by atoms with E-state index in [1.807, 2.05) is 12.1 Å². The van der Waals surface area contributed by atoms with E-state index in [4.69, 9.17) is 4.74 Å². The van der Waals surface area contributed by atoms with Gasteiger partial charge in [0.2, 0.25) is 5.60 Å². The minimum absolute atomic E-state index is 0.210. The molecule has 5 heteroatoms. The number of amides is 1. The molecule has 1 amide bonds. The van der Waals surface area contributed by atoms with Gasteiger partial charge in [-0.05, 0) is 24.0 Å². The molecule has 1 N–H and O–H groups in total. The van der Waals surface area contributed by atoms with Crippen LogP contribution in [-0.2, 0) is 19.9 Å². The lowest BCUT2D eigenvalue weighted by atomic mass is 9.86. The molecule has 1 aliphatic rings. The highest BCUT2D eigenvalue weighted by atomic mass is 16.6. The summed E-state index contributed by atoms with van der Waals surface area (Å²) >= 11 is 0. The Hall–Kier alpha value is -2.66. The van der Waals surface area contributed by atoms with Gasteiger partial charge in [0.25, 0.3) is 5.91 Å². The number of nitrogens with zero attached hydrogens (tertiary/aromatic N) is 1. The van der Waals surface area contributed by atoms with Gasteiger partial charge < -0.3 is 14.7 Å². The normalized spacial score (nSPS) is 15.4. The molecule has 5 nitrogen and oxygen atoms in total. The predicted molar refractivity (Wildman–Crippen MR) is 107 cm³/mol. The van der Waals surface area contributed by atoms with Crippen LogP contribution in [0.15, 0.2) is 60.7 Å². The van der Waals surface area contributed by atoms with E-state index in [1.165, 1.54) is 6.42 Å². The molecule has 1 saturated heterocycles. The lowest BCUT2D eigenvalue weighted by Gasteiger charge is -2.28. The van der Waals surface area contributed by atoms with Crippen molar-refractivity contribution in [1.82, 2.24) is 4.90 Å². The van der Waals surface area contributed by atoms with E-state index in [2.05, 4.69) is 0 Å². The molecule has 0 saturated carbocycles. The first-order valence-electron chi connectivity index (χ1n) is 9.91. The summed E-state index contributed by atoms with van der Waals surface area (Å²) in [5.74, 6) is -1.05. The number of rotatable bonds is 5. The van der Waals surface area contributed by atoms with E-state index < -0.39 is 11.6 Å². The molecule has 1 aliphatic heterocycles. The van der Waals surface area contributed by atoms with Gasteiger partial charge in [-0.15, -0.1) is 0 Å². The van der Waals surface area contributed by atoms with E-state index in [0.717, 1.165) is 25.7 Å². The number of esters is 1. The van der Waals surface area contributed by atoms with Gasteiger partial charge in [0, 0.05) is 13.1 Å². The van der Waals surface area contributed by atoms with Crippen molar-refractivity contribution in [3.05, 3.63) is 71.8 Å². The molecule has 2 aromatic rings. The number of benzene rings is 2. The maximum absolute atomic E-state index is 12.9. The maximum Gasteiger partial charge on any atom is 0.348 e. The van der Waals surface area contributed by atoms with Crippen molar-refractivity contribution in [3.8, 4) is 0 Å². The number of hydrogen-bond donors (Lipinski definition) is 1. The van der Waals surface area contributed by atoms with Crippen LogP contribution in [0.1, 0.15) is 43.2 Å². The highest BCUT2D eigenvalue weighted by Crippen LogP contribution is 2.31. The van der Waals surface area contributed by atoms with E-state index in [9.17, 15) is 14.7 Å². The molecule has 0 aliphatic carbocycles. The zero-order valence-electron chi connectivity index (χ0n) is 16.0. The minimum Gasteiger partial charge on any atom is -0.453 e. The first-order chi connectivity index (χ1) is 13.6. The third kappa shape index (κ3) is 4.60. The Kier molecular flexibility index (Phi) is 6.82. The molecule has 1 fully saturated rings. The minimum atomic E-state index is -1.96. The van der Waals surface area contributed by atoms with Crippen LogP contribution in [0.25, 0.3) is 0 Å². The molecular formula is C23H27NO4. The van der Waals surface area contributed by atoms with Crippen LogP contribution in [-0.4, -0.2) is 41.6 Å². The van der Waals surface area contributed by atoms with Crippen LogP contribution >= 0.6 is 0 Å². The standard InChI is InChI=1S/C23H27NO4/c25-21(24-16-10-2-1-3-11-17-24)18-28-22(26)23(27,19-12-6-4-7-13-19)20-14-8-5-9-15-20/h4-9,12-15,27H,1-3,10-11,16-18H2. The highest BCUT2D eigenvalue weighted by Gasteiger charge is 2.42. The fourth-order valence-electron chi connectivity index (χ4n) is 3.58. The summed E-state index contributed by atoms with van der Waals surface area (Å²) in [6.07, 6.45) is 5.38.